The van der Waals surface area contributed by atoms with Crippen molar-refractivity contribution in [2.45, 2.75) is 19.8 Å². The molecule has 0 heterocycles. The number of amides is 1. The summed E-state index contributed by atoms with van der Waals surface area (Å²) in [5.41, 5.74) is 5.65. The molecule has 0 fully saturated rings. The standard InChI is InChI=1S/C25H25NO/c1-20-10-9-15-23(18-16-21-11-5-3-6-12-21)25(20)26(2)24(27)19-17-22-13-7-4-8-14-22/h3-15,17,19H,16,18H2,1-2H3/b19-17+. The van der Waals surface area contributed by atoms with E-state index in [9.17, 15) is 4.79 Å². The molecule has 2 nitrogen and oxygen atoms in total. The molecule has 0 saturated heterocycles. The summed E-state index contributed by atoms with van der Waals surface area (Å²) in [6.07, 6.45) is 5.36. The summed E-state index contributed by atoms with van der Waals surface area (Å²) >= 11 is 0. The molecule has 0 N–H and O–H groups in total. The van der Waals surface area contributed by atoms with Crippen molar-refractivity contribution in [1.29, 1.82) is 0 Å². The Morgan fingerprint density at radius 2 is 1.52 bits per heavy atom. The van der Waals surface area contributed by atoms with Crippen LogP contribution in [-0.2, 0) is 17.6 Å². The molecule has 0 atom stereocenters. The number of aryl methyl sites for hydroxylation is 3. The van der Waals surface area contributed by atoms with Gasteiger partial charge in [-0.05, 0) is 48.1 Å². The molecule has 3 rings (SSSR count). The van der Waals surface area contributed by atoms with Gasteiger partial charge in [-0.1, -0.05) is 78.9 Å². The fraction of sp³-hybridized carbons (Fsp3) is 0.160. The molecule has 0 saturated carbocycles. The van der Waals surface area contributed by atoms with Gasteiger partial charge in [0.15, 0.2) is 0 Å². The van der Waals surface area contributed by atoms with Crippen molar-refractivity contribution in [2.24, 2.45) is 0 Å². The quantitative estimate of drug-likeness (QED) is 0.538. The second-order valence-electron chi connectivity index (χ2n) is 6.71. The SMILES string of the molecule is Cc1cccc(CCc2ccccc2)c1N(C)C(=O)/C=C/c1ccccc1. The minimum Gasteiger partial charge on any atom is -0.311 e. The van der Waals surface area contributed by atoms with Crippen LogP contribution in [0.5, 0.6) is 0 Å². The molecule has 136 valence electrons. The Kier molecular flexibility index (Phi) is 6.22. The van der Waals surface area contributed by atoms with Crippen LogP contribution in [0, 0.1) is 6.92 Å². The summed E-state index contributed by atoms with van der Waals surface area (Å²) in [4.78, 5) is 14.5. The minimum absolute atomic E-state index is 0.0193. The molecule has 0 radical (unpaired) electrons. The number of carbonyl (C=O) groups excluding carboxylic acids is 1. The van der Waals surface area contributed by atoms with Gasteiger partial charge in [0, 0.05) is 18.8 Å². The summed E-state index contributed by atoms with van der Waals surface area (Å²) in [5, 5.41) is 0. The van der Waals surface area contributed by atoms with E-state index in [1.165, 1.54) is 11.1 Å². The summed E-state index contributed by atoms with van der Waals surface area (Å²) in [6.45, 7) is 2.06. The number of hydrogen-bond acceptors (Lipinski definition) is 1. The largest absolute Gasteiger partial charge is 0.311 e. The van der Waals surface area contributed by atoms with Crippen LogP contribution in [0.3, 0.4) is 0 Å². The third-order valence-electron chi connectivity index (χ3n) is 4.73. The first-order valence-electron chi connectivity index (χ1n) is 9.28. The molecule has 0 aliphatic heterocycles. The van der Waals surface area contributed by atoms with Crippen LogP contribution in [0.2, 0.25) is 0 Å². The van der Waals surface area contributed by atoms with Gasteiger partial charge >= 0.3 is 0 Å². The van der Waals surface area contributed by atoms with Crippen LogP contribution in [0.25, 0.3) is 6.08 Å². The van der Waals surface area contributed by atoms with Gasteiger partial charge in [0.1, 0.15) is 0 Å². The smallest absolute Gasteiger partial charge is 0.250 e. The third kappa shape index (κ3) is 4.95. The van der Waals surface area contributed by atoms with Gasteiger partial charge in [-0.2, -0.15) is 0 Å². The summed E-state index contributed by atoms with van der Waals surface area (Å²) < 4.78 is 0. The van der Waals surface area contributed by atoms with Gasteiger partial charge in [-0.25, -0.2) is 0 Å². The molecule has 3 aromatic carbocycles. The van der Waals surface area contributed by atoms with Gasteiger partial charge in [0.2, 0.25) is 0 Å². The Balaban J connectivity index is 1.78. The van der Waals surface area contributed by atoms with Crippen LogP contribution in [0.15, 0.2) is 84.9 Å². The number of nitrogens with zero attached hydrogens (tertiary/aromatic N) is 1. The average Bonchev–Trinajstić information content (AvgIpc) is 2.71. The number of hydrogen-bond donors (Lipinski definition) is 0. The Hall–Kier alpha value is -3.13. The highest BCUT2D eigenvalue weighted by Crippen LogP contribution is 2.26. The Morgan fingerprint density at radius 1 is 0.852 bits per heavy atom. The topological polar surface area (TPSA) is 20.3 Å². The van der Waals surface area contributed by atoms with Crippen molar-refractivity contribution in [3.8, 4) is 0 Å². The van der Waals surface area contributed by atoms with Gasteiger partial charge in [-0.3, -0.25) is 4.79 Å². The molecule has 0 spiro atoms. The van der Waals surface area contributed by atoms with Gasteiger partial charge < -0.3 is 4.90 Å². The van der Waals surface area contributed by atoms with Crippen molar-refractivity contribution in [2.75, 3.05) is 11.9 Å². The predicted octanol–water partition coefficient (Wildman–Crippen LogP) is 5.46. The van der Waals surface area contributed by atoms with E-state index in [1.807, 2.05) is 49.5 Å². The molecule has 2 heteroatoms. The zero-order valence-corrected chi connectivity index (χ0v) is 15.9. The number of carbonyl (C=O) groups is 1. The van der Waals surface area contributed by atoms with E-state index >= 15 is 0 Å². The van der Waals surface area contributed by atoms with Crippen molar-refractivity contribution in [3.05, 3.63) is 107 Å². The average molecular weight is 355 g/mol. The molecule has 0 aromatic heterocycles. The summed E-state index contributed by atoms with van der Waals surface area (Å²) in [7, 11) is 1.85. The first-order chi connectivity index (χ1) is 13.1. The molecule has 0 aliphatic carbocycles. The Bertz CT molecular complexity index is 914. The Labute approximate surface area is 161 Å². The molecule has 0 bridgehead atoms. The molecule has 3 aromatic rings. The monoisotopic (exact) mass is 355 g/mol. The number of rotatable bonds is 6. The Morgan fingerprint density at radius 3 is 2.22 bits per heavy atom. The van der Waals surface area contributed by atoms with Crippen molar-refractivity contribution in [1.82, 2.24) is 0 Å². The van der Waals surface area contributed by atoms with E-state index in [0.29, 0.717) is 0 Å². The third-order valence-corrected chi connectivity index (χ3v) is 4.73. The first kappa shape index (κ1) is 18.7. The van der Waals surface area contributed by atoms with E-state index in [4.69, 9.17) is 0 Å². The van der Waals surface area contributed by atoms with Crippen LogP contribution < -0.4 is 4.90 Å². The van der Waals surface area contributed by atoms with Crippen molar-refractivity contribution < 1.29 is 4.79 Å². The molecule has 0 aliphatic rings. The van der Waals surface area contributed by atoms with E-state index in [0.717, 1.165) is 29.7 Å². The van der Waals surface area contributed by atoms with E-state index in [-0.39, 0.29) is 5.91 Å². The number of anilines is 1. The zero-order chi connectivity index (χ0) is 19.1. The minimum atomic E-state index is -0.0193. The highest BCUT2D eigenvalue weighted by atomic mass is 16.2. The molecule has 1 amide bonds. The highest BCUT2D eigenvalue weighted by Gasteiger charge is 2.15. The van der Waals surface area contributed by atoms with Crippen molar-refractivity contribution >= 4 is 17.7 Å². The maximum absolute atomic E-state index is 12.7. The number of likely N-dealkylation sites (N-methyl/N-ethyl adjacent to an activating group) is 1. The maximum Gasteiger partial charge on any atom is 0.250 e. The van der Waals surface area contributed by atoms with E-state index in [2.05, 4.69) is 49.4 Å². The lowest BCUT2D eigenvalue weighted by atomic mass is 9.99. The normalized spacial score (nSPS) is 10.9. The second-order valence-corrected chi connectivity index (χ2v) is 6.71. The first-order valence-corrected chi connectivity index (χ1v) is 9.28. The fourth-order valence-corrected chi connectivity index (χ4v) is 3.28. The van der Waals surface area contributed by atoms with Gasteiger partial charge in [0.25, 0.3) is 5.91 Å². The molecular formula is C25H25NO. The van der Waals surface area contributed by atoms with Crippen LogP contribution in [-0.4, -0.2) is 13.0 Å². The molecule has 0 unspecified atom stereocenters. The highest BCUT2D eigenvalue weighted by molar-refractivity contribution is 6.04. The van der Waals surface area contributed by atoms with Crippen LogP contribution in [0.1, 0.15) is 22.3 Å². The lowest BCUT2D eigenvalue weighted by Crippen LogP contribution is -2.26. The maximum atomic E-state index is 12.7. The zero-order valence-electron chi connectivity index (χ0n) is 15.9. The van der Waals surface area contributed by atoms with Gasteiger partial charge in [0.05, 0.1) is 0 Å². The molecule has 27 heavy (non-hydrogen) atoms. The molecular weight excluding hydrogens is 330 g/mol. The lowest BCUT2D eigenvalue weighted by molar-refractivity contribution is -0.113. The van der Waals surface area contributed by atoms with Crippen molar-refractivity contribution in [3.63, 3.8) is 0 Å². The van der Waals surface area contributed by atoms with Gasteiger partial charge in [-0.15, -0.1) is 0 Å². The van der Waals surface area contributed by atoms with Crippen LogP contribution >= 0.6 is 0 Å². The number of para-hydroxylation sites is 1. The summed E-state index contributed by atoms with van der Waals surface area (Å²) in [5.74, 6) is -0.0193. The number of benzene rings is 3. The fourth-order valence-electron chi connectivity index (χ4n) is 3.28. The predicted molar refractivity (Wildman–Crippen MR) is 114 cm³/mol. The lowest BCUT2D eigenvalue weighted by Gasteiger charge is -2.22. The van der Waals surface area contributed by atoms with Crippen LogP contribution in [0.4, 0.5) is 5.69 Å². The van der Waals surface area contributed by atoms with E-state index < -0.39 is 0 Å². The van der Waals surface area contributed by atoms with E-state index in [1.54, 1.807) is 11.0 Å². The second kappa shape index (κ2) is 9.00. The summed E-state index contributed by atoms with van der Waals surface area (Å²) in [6, 6.07) is 26.6.